The molecule has 0 radical (unpaired) electrons. The molecule has 1 saturated heterocycles. The van der Waals surface area contributed by atoms with E-state index >= 15 is 0 Å². The van der Waals surface area contributed by atoms with Crippen LogP contribution in [0.5, 0.6) is 0 Å². The molecule has 1 aromatic carbocycles. The third-order valence-electron chi connectivity index (χ3n) is 3.14. The van der Waals surface area contributed by atoms with E-state index in [0.29, 0.717) is 37.2 Å². The molecule has 0 atom stereocenters. The van der Waals surface area contributed by atoms with Crippen LogP contribution in [-0.2, 0) is 10.0 Å². The molecular weight excluding hydrogens is 280 g/mol. The van der Waals surface area contributed by atoms with Crippen molar-refractivity contribution in [3.8, 4) is 0 Å². The fourth-order valence-electron chi connectivity index (χ4n) is 2.09. The molecule has 110 valence electrons. The number of anilines is 1. The predicted molar refractivity (Wildman–Crippen MR) is 76.2 cm³/mol. The molecule has 1 fully saturated rings. The first-order chi connectivity index (χ1) is 9.54. The Morgan fingerprint density at radius 2 is 2.00 bits per heavy atom. The van der Waals surface area contributed by atoms with Crippen molar-refractivity contribution in [1.82, 2.24) is 5.32 Å². The van der Waals surface area contributed by atoms with Crippen molar-refractivity contribution in [2.24, 2.45) is 0 Å². The van der Waals surface area contributed by atoms with Gasteiger partial charge in [0.25, 0.3) is 5.91 Å². The van der Waals surface area contributed by atoms with Crippen molar-refractivity contribution >= 4 is 21.6 Å². The average molecular weight is 298 g/mol. The zero-order valence-electron chi connectivity index (χ0n) is 11.1. The van der Waals surface area contributed by atoms with Gasteiger partial charge in [0.05, 0.1) is 11.4 Å². The number of nitrogens with one attached hydrogen (secondary N) is 1. The van der Waals surface area contributed by atoms with Crippen LogP contribution in [0.15, 0.2) is 24.3 Å². The van der Waals surface area contributed by atoms with Crippen LogP contribution >= 0.6 is 0 Å². The molecule has 20 heavy (non-hydrogen) atoms. The molecule has 0 bridgehead atoms. The van der Waals surface area contributed by atoms with Gasteiger partial charge in [-0.05, 0) is 37.1 Å². The van der Waals surface area contributed by atoms with Crippen molar-refractivity contribution in [1.29, 1.82) is 0 Å². The summed E-state index contributed by atoms with van der Waals surface area (Å²) in [6, 6.07) is 6.50. The second kappa shape index (κ2) is 6.23. The maximum atomic E-state index is 11.8. The normalized spacial score (nSPS) is 17.1. The molecule has 1 aliphatic heterocycles. The SMILES string of the molecule is O=C(NCCCO)c1ccc(N2CCCS2(=O)=O)cc1. The van der Waals surface area contributed by atoms with Gasteiger partial charge >= 0.3 is 0 Å². The van der Waals surface area contributed by atoms with Crippen molar-refractivity contribution in [3.05, 3.63) is 29.8 Å². The van der Waals surface area contributed by atoms with E-state index in [2.05, 4.69) is 5.32 Å². The van der Waals surface area contributed by atoms with Gasteiger partial charge in [0.2, 0.25) is 10.0 Å². The zero-order valence-corrected chi connectivity index (χ0v) is 11.9. The molecule has 0 aromatic heterocycles. The maximum Gasteiger partial charge on any atom is 0.251 e. The molecule has 6 nitrogen and oxygen atoms in total. The number of nitrogens with zero attached hydrogens (tertiary/aromatic N) is 1. The molecule has 2 N–H and O–H groups in total. The Hall–Kier alpha value is -1.60. The Labute approximate surface area is 118 Å². The molecular formula is C13H18N2O4S. The van der Waals surface area contributed by atoms with Gasteiger partial charge in [0, 0.05) is 25.3 Å². The topological polar surface area (TPSA) is 86.7 Å². The highest BCUT2D eigenvalue weighted by Gasteiger charge is 2.28. The van der Waals surface area contributed by atoms with Crippen LogP contribution in [0.3, 0.4) is 0 Å². The van der Waals surface area contributed by atoms with E-state index in [-0.39, 0.29) is 18.3 Å². The molecule has 0 unspecified atom stereocenters. The van der Waals surface area contributed by atoms with Gasteiger partial charge in [-0.15, -0.1) is 0 Å². The summed E-state index contributed by atoms with van der Waals surface area (Å²) in [5, 5.41) is 11.3. The van der Waals surface area contributed by atoms with E-state index in [1.165, 1.54) is 4.31 Å². The Bertz CT molecular complexity index is 569. The molecule has 0 aliphatic carbocycles. The number of rotatable bonds is 5. The van der Waals surface area contributed by atoms with Crippen LogP contribution in [0.2, 0.25) is 0 Å². The highest BCUT2D eigenvalue weighted by atomic mass is 32.2. The number of hydrogen-bond acceptors (Lipinski definition) is 4. The van der Waals surface area contributed by atoms with Gasteiger partial charge < -0.3 is 10.4 Å². The summed E-state index contributed by atoms with van der Waals surface area (Å²) in [5.74, 6) is -0.0505. The number of sulfonamides is 1. The van der Waals surface area contributed by atoms with Crippen LogP contribution in [0.1, 0.15) is 23.2 Å². The summed E-state index contributed by atoms with van der Waals surface area (Å²) >= 11 is 0. The number of aliphatic hydroxyl groups excluding tert-OH is 1. The number of benzene rings is 1. The highest BCUT2D eigenvalue weighted by Crippen LogP contribution is 2.24. The third-order valence-corrected chi connectivity index (χ3v) is 5.01. The molecule has 1 amide bonds. The molecule has 2 rings (SSSR count). The Morgan fingerprint density at radius 3 is 2.55 bits per heavy atom. The molecule has 0 spiro atoms. The van der Waals surface area contributed by atoms with Crippen molar-refractivity contribution in [2.45, 2.75) is 12.8 Å². The lowest BCUT2D eigenvalue weighted by molar-refractivity contribution is 0.0951. The number of carbonyl (C=O) groups excluding carboxylic acids is 1. The lowest BCUT2D eigenvalue weighted by atomic mass is 10.2. The van der Waals surface area contributed by atoms with Crippen LogP contribution < -0.4 is 9.62 Å². The Kier molecular flexibility index (Phi) is 4.61. The first-order valence-electron chi connectivity index (χ1n) is 6.54. The minimum absolute atomic E-state index is 0.0338. The number of hydrogen-bond donors (Lipinski definition) is 2. The fraction of sp³-hybridized carbons (Fsp3) is 0.462. The third kappa shape index (κ3) is 3.29. The highest BCUT2D eigenvalue weighted by molar-refractivity contribution is 7.93. The Morgan fingerprint density at radius 1 is 1.30 bits per heavy atom. The summed E-state index contributed by atoms with van der Waals surface area (Å²) in [4.78, 5) is 11.8. The average Bonchev–Trinajstić information content (AvgIpc) is 2.79. The maximum absolute atomic E-state index is 11.8. The van der Waals surface area contributed by atoms with Gasteiger partial charge in [-0.25, -0.2) is 8.42 Å². The lowest BCUT2D eigenvalue weighted by Gasteiger charge is -2.17. The van der Waals surface area contributed by atoms with E-state index in [1.807, 2.05) is 0 Å². The summed E-state index contributed by atoms with van der Waals surface area (Å²) < 4.78 is 24.9. The standard InChI is InChI=1S/C13H18N2O4S/c16-9-1-7-14-13(17)11-3-5-12(6-4-11)15-8-2-10-20(15,18)19/h3-6,16H,1-2,7-10H2,(H,14,17). The minimum atomic E-state index is -3.19. The van der Waals surface area contributed by atoms with Crippen molar-refractivity contribution < 1.29 is 18.3 Å². The number of amides is 1. The largest absolute Gasteiger partial charge is 0.396 e. The minimum Gasteiger partial charge on any atom is -0.396 e. The molecule has 1 heterocycles. The van der Waals surface area contributed by atoms with Gasteiger partial charge in [-0.2, -0.15) is 0 Å². The first-order valence-corrected chi connectivity index (χ1v) is 8.15. The molecule has 1 aromatic rings. The van der Waals surface area contributed by atoms with Gasteiger partial charge in [0.1, 0.15) is 0 Å². The van der Waals surface area contributed by atoms with Crippen LogP contribution in [0.25, 0.3) is 0 Å². The monoisotopic (exact) mass is 298 g/mol. The van der Waals surface area contributed by atoms with E-state index in [0.717, 1.165) is 0 Å². The molecule has 1 aliphatic rings. The first kappa shape index (κ1) is 14.8. The second-order valence-electron chi connectivity index (χ2n) is 4.62. The van der Waals surface area contributed by atoms with E-state index < -0.39 is 10.0 Å². The van der Waals surface area contributed by atoms with Crippen LogP contribution in [0, 0.1) is 0 Å². The summed E-state index contributed by atoms with van der Waals surface area (Å²) in [6.45, 7) is 0.938. The molecule has 7 heteroatoms. The summed E-state index contributed by atoms with van der Waals surface area (Å²) in [6.07, 6.45) is 1.14. The van der Waals surface area contributed by atoms with Gasteiger partial charge in [0.15, 0.2) is 0 Å². The van der Waals surface area contributed by atoms with Crippen LogP contribution in [-0.4, -0.2) is 44.9 Å². The number of carbonyl (C=O) groups is 1. The quantitative estimate of drug-likeness (QED) is 0.767. The van der Waals surface area contributed by atoms with E-state index in [9.17, 15) is 13.2 Å². The Balaban J connectivity index is 2.05. The predicted octanol–water partition coefficient (Wildman–Crippen LogP) is 0.339. The smallest absolute Gasteiger partial charge is 0.251 e. The van der Waals surface area contributed by atoms with Gasteiger partial charge in [-0.3, -0.25) is 9.10 Å². The summed E-state index contributed by atoms with van der Waals surface area (Å²) in [5.41, 5.74) is 1.07. The summed E-state index contributed by atoms with van der Waals surface area (Å²) in [7, 11) is -3.19. The number of aliphatic hydroxyl groups is 1. The van der Waals surface area contributed by atoms with Crippen molar-refractivity contribution in [3.63, 3.8) is 0 Å². The van der Waals surface area contributed by atoms with E-state index in [1.54, 1.807) is 24.3 Å². The van der Waals surface area contributed by atoms with Crippen LogP contribution in [0.4, 0.5) is 5.69 Å². The molecule has 0 saturated carbocycles. The lowest BCUT2D eigenvalue weighted by Crippen LogP contribution is -2.26. The fourth-order valence-corrected chi connectivity index (χ4v) is 3.66. The van der Waals surface area contributed by atoms with Crippen molar-refractivity contribution in [2.75, 3.05) is 29.8 Å². The second-order valence-corrected chi connectivity index (χ2v) is 6.63. The zero-order chi connectivity index (χ0) is 14.6. The van der Waals surface area contributed by atoms with Gasteiger partial charge in [-0.1, -0.05) is 0 Å². The van der Waals surface area contributed by atoms with E-state index in [4.69, 9.17) is 5.11 Å².